The largest absolute Gasteiger partial charge is 0.487 e. The molecule has 0 fully saturated rings. The van der Waals surface area contributed by atoms with Crippen LogP contribution in [0.25, 0.3) is 0 Å². The molecule has 0 aliphatic rings. The number of hydrogen-bond donors (Lipinski definition) is 4. The molecule has 0 aliphatic heterocycles. The maximum atomic E-state index is 8.53. The van der Waals surface area contributed by atoms with E-state index < -0.39 is 5.17 Å². The number of nitrogens with one attached hydrogen (secondary N) is 1. The van der Waals surface area contributed by atoms with Crippen molar-refractivity contribution in [3.05, 3.63) is 0 Å². The molecule has 5 N–H and O–H groups in total. The zero-order valence-electron chi connectivity index (χ0n) is 8.73. The molecule has 7 heteroatoms. The van der Waals surface area contributed by atoms with Crippen LogP contribution in [0.1, 0.15) is 32.6 Å². The quantitative estimate of drug-likeness (QED) is 0.349. The molecule has 0 aliphatic carbocycles. The van der Waals surface area contributed by atoms with Crippen molar-refractivity contribution in [1.82, 2.24) is 5.32 Å². The van der Waals surface area contributed by atoms with Crippen molar-refractivity contribution in [2.45, 2.75) is 32.6 Å². The fourth-order valence-corrected chi connectivity index (χ4v) is 0.849. The molecule has 90 valence electrons. The summed E-state index contributed by atoms with van der Waals surface area (Å²) < 4.78 is 0. The van der Waals surface area contributed by atoms with E-state index in [-0.39, 0.29) is 26.2 Å². The minimum absolute atomic E-state index is 0. The molecule has 0 bridgehead atoms. The number of unbranched alkanes of at least 4 members (excludes halogenated alkanes) is 3. The Labute approximate surface area is 116 Å². The average Bonchev–Trinajstić information content (AvgIpc) is 2.02. The van der Waals surface area contributed by atoms with Crippen LogP contribution in [0.4, 0.5) is 0 Å². The first-order valence-electron chi connectivity index (χ1n) is 4.45. The zero-order valence-corrected chi connectivity index (χ0v) is 12.4. The van der Waals surface area contributed by atoms with Crippen molar-refractivity contribution >= 4 is 34.8 Å². The molecule has 0 aromatic carbocycles. The first-order chi connectivity index (χ1) is 6.50. The predicted molar refractivity (Wildman–Crippen MR) is 66.8 cm³/mol. The number of nitrogens with two attached hydrogens (primary N) is 1. The van der Waals surface area contributed by atoms with Gasteiger partial charge in [0.15, 0.2) is 0 Å². The molecule has 0 aromatic heterocycles. The number of thiocarbonyl (C=S) groups is 2. The third-order valence-corrected chi connectivity index (χ3v) is 1.45. The Morgan fingerprint density at radius 3 is 2.00 bits per heavy atom. The Balaban J connectivity index is -0.000000249. The van der Waals surface area contributed by atoms with Crippen LogP contribution in [0, 0.1) is 0 Å². The van der Waals surface area contributed by atoms with Gasteiger partial charge in [-0.15, -0.1) is 0 Å². The average molecular weight is 334 g/mol. The molecular weight excluding hydrogens is 316 g/mol. The Hall–Kier alpha value is 0.0683. The van der Waals surface area contributed by atoms with Crippen LogP contribution in [-0.4, -0.2) is 27.1 Å². The fourth-order valence-electron chi connectivity index (χ4n) is 0.747. The monoisotopic (exact) mass is 336 g/mol. The van der Waals surface area contributed by atoms with Crippen molar-refractivity contribution in [1.29, 1.82) is 0 Å². The molecule has 0 rings (SSSR count). The van der Waals surface area contributed by atoms with Gasteiger partial charge in [0, 0.05) is 27.6 Å². The SMILES string of the molecule is CCCCCCNC(O)=S.NC(O)=S.[Mo]. The molecule has 4 nitrogen and oxygen atoms in total. The van der Waals surface area contributed by atoms with Gasteiger partial charge in [0.1, 0.15) is 0 Å². The second-order valence-corrected chi connectivity index (χ2v) is 3.44. The standard InChI is InChI=1S/C7H15NOS.CH3NOS.Mo/c1-2-3-4-5-6-8-7(9)10;2-1(3)4;/h2-6H2,1H3,(H2,8,9,10);(H3,2,3,4);. The first-order valence-corrected chi connectivity index (χ1v) is 5.27. The summed E-state index contributed by atoms with van der Waals surface area (Å²) in [5.74, 6) is 0. The van der Waals surface area contributed by atoms with E-state index in [4.69, 9.17) is 10.2 Å². The van der Waals surface area contributed by atoms with Crippen molar-refractivity contribution in [3.8, 4) is 0 Å². The topological polar surface area (TPSA) is 78.5 Å². The van der Waals surface area contributed by atoms with Gasteiger partial charge in [-0.05, 0) is 30.9 Å². The molecule has 0 saturated carbocycles. The Bertz CT molecular complexity index is 167. The van der Waals surface area contributed by atoms with E-state index in [9.17, 15) is 0 Å². The molecule has 15 heavy (non-hydrogen) atoms. The van der Waals surface area contributed by atoms with E-state index in [0.717, 1.165) is 13.0 Å². The molecule has 0 aromatic rings. The minimum atomic E-state index is -0.500. The third kappa shape index (κ3) is 41.0. The molecule has 0 atom stereocenters. The summed E-state index contributed by atoms with van der Waals surface area (Å²) in [5.41, 5.74) is 4.40. The maximum absolute atomic E-state index is 8.53. The van der Waals surface area contributed by atoms with Crippen LogP contribution in [0.2, 0.25) is 0 Å². The maximum Gasteiger partial charge on any atom is 0.254 e. The second kappa shape index (κ2) is 16.5. The van der Waals surface area contributed by atoms with Crippen molar-refractivity contribution in [2.75, 3.05) is 6.54 Å². The smallest absolute Gasteiger partial charge is 0.254 e. The molecule has 0 saturated heterocycles. The summed E-state index contributed by atoms with van der Waals surface area (Å²) in [5, 5.41) is 18.2. The van der Waals surface area contributed by atoms with Gasteiger partial charge < -0.3 is 21.3 Å². The van der Waals surface area contributed by atoms with Gasteiger partial charge in [-0.2, -0.15) is 0 Å². The molecule has 0 spiro atoms. The van der Waals surface area contributed by atoms with Gasteiger partial charge in [0.2, 0.25) is 0 Å². The van der Waals surface area contributed by atoms with Crippen LogP contribution >= 0.6 is 24.4 Å². The van der Waals surface area contributed by atoms with Gasteiger partial charge >= 0.3 is 0 Å². The Morgan fingerprint density at radius 1 is 1.20 bits per heavy atom. The molecular formula is C8H18MoN2O2S2. The zero-order chi connectivity index (χ0) is 11.4. The summed E-state index contributed by atoms with van der Waals surface area (Å²) in [6.07, 6.45) is 4.81. The van der Waals surface area contributed by atoms with Crippen LogP contribution < -0.4 is 11.1 Å². The van der Waals surface area contributed by atoms with Gasteiger partial charge in [-0.25, -0.2) is 0 Å². The third-order valence-electron chi connectivity index (χ3n) is 1.31. The van der Waals surface area contributed by atoms with E-state index in [1.54, 1.807) is 0 Å². The number of rotatable bonds is 5. The second-order valence-electron chi connectivity index (χ2n) is 2.63. The number of aliphatic hydroxyl groups excluding tert-OH is 2. The van der Waals surface area contributed by atoms with Gasteiger partial charge in [-0.1, -0.05) is 26.2 Å². The van der Waals surface area contributed by atoms with Crippen LogP contribution in [0.3, 0.4) is 0 Å². The number of aliphatic hydroxyl groups is 2. The molecule has 0 unspecified atom stereocenters. The van der Waals surface area contributed by atoms with E-state index in [1.807, 2.05) is 0 Å². The summed E-state index contributed by atoms with van der Waals surface area (Å²) in [4.78, 5) is 0. The normalized spacial score (nSPS) is 7.80. The van der Waals surface area contributed by atoms with E-state index in [2.05, 4.69) is 42.4 Å². The van der Waals surface area contributed by atoms with E-state index >= 15 is 0 Å². The Kier molecular flexibility index (Phi) is 22.5. The molecule has 0 radical (unpaired) electrons. The fraction of sp³-hybridized carbons (Fsp3) is 0.750. The summed E-state index contributed by atoms with van der Waals surface area (Å²) >= 11 is 8.29. The summed E-state index contributed by atoms with van der Waals surface area (Å²) in [7, 11) is 0. The summed E-state index contributed by atoms with van der Waals surface area (Å²) in [6, 6.07) is 0. The molecule has 0 amide bonds. The van der Waals surface area contributed by atoms with Crippen molar-refractivity contribution in [2.24, 2.45) is 5.73 Å². The van der Waals surface area contributed by atoms with E-state index in [1.165, 1.54) is 19.3 Å². The minimum Gasteiger partial charge on any atom is -0.487 e. The first kappa shape index (κ1) is 20.5. The van der Waals surface area contributed by atoms with Gasteiger partial charge in [0.05, 0.1) is 0 Å². The predicted octanol–water partition coefficient (Wildman–Crippen LogP) is 1.78. The van der Waals surface area contributed by atoms with Crippen LogP contribution in [0.15, 0.2) is 0 Å². The van der Waals surface area contributed by atoms with Crippen molar-refractivity contribution < 1.29 is 31.3 Å². The van der Waals surface area contributed by atoms with E-state index in [0.29, 0.717) is 0 Å². The van der Waals surface area contributed by atoms with Crippen molar-refractivity contribution in [3.63, 3.8) is 0 Å². The molecule has 0 heterocycles. The Morgan fingerprint density at radius 2 is 1.67 bits per heavy atom. The van der Waals surface area contributed by atoms with Crippen LogP contribution in [0.5, 0.6) is 0 Å². The number of hydrogen-bond acceptors (Lipinski definition) is 2. The van der Waals surface area contributed by atoms with Gasteiger partial charge in [-0.3, -0.25) is 0 Å². The summed E-state index contributed by atoms with van der Waals surface area (Å²) in [6.45, 7) is 2.97. The van der Waals surface area contributed by atoms with Crippen LogP contribution in [-0.2, 0) is 21.1 Å². The van der Waals surface area contributed by atoms with Gasteiger partial charge in [0.25, 0.3) is 10.3 Å².